The number of aromatic nitrogens is 1. The highest BCUT2D eigenvalue weighted by Gasteiger charge is 2.33. The van der Waals surface area contributed by atoms with Crippen LogP contribution in [0.5, 0.6) is 5.75 Å². The van der Waals surface area contributed by atoms with Crippen LogP contribution in [-0.4, -0.2) is 71.6 Å². The SMILES string of the molecule is O=C(O)c1cn(C2CC2)c2c(OC(F)F)c(N3CCN(CCO)CC3)c(F)cc2c1=O. The fourth-order valence-corrected chi connectivity index (χ4v) is 4.07. The molecule has 0 amide bonds. The standard InChI is InChI=1S/C20H22F3N3O5/c21-14-9-12-15(26(11-1-2-11)10-13(17(12)28)19(29)30)18(31-20(22)23)16(14)25-5-3-24(4-6-25)7-8-27/h9-11,20,27H,1-8H2,(H,29,30). The van der Waals surface area contributed by atoms with Crippen LogP contribution in [0.3, 0.4) is 0 Å². The highest BCUT2D eigenvalue weighted by Crippen LogP contribution is 2.44. The second kappa shape index (κ2) is 8.39. The Labute approximate surface area is 175 Å². The predicted octanol–water partition coefficient (Wildman–Crippen LogP) is 1.89. The molecule has 2 aromatic rings. The Morgan fingerprint density at radius 1 is 1.23 bits per heavy atom. The van der Waals surface area contributed by atoms with Crippen molar-refractivity contribution in [3.05, 3.63) is 33.9 Å². The Balaban J connectivity index is 1.92. The van der Waals surface area contributed by atoms with Crippen molar-refractivity contribution >= 4 is 22.6 Å². The molecular weight excluding hydrogens is 419 g/mol. The Hall–Kier alpha value is -2.79. The molecule has 1 aliphatic carbocycles. The molecule has 0 unspecified atom stereocenters. The summed E-state index contributed by atoms with van der Waals surface area (Å²) in [4.78, 5) is 27.8. The number of aliphatic hydroxyl groups is 1. The third-order valence-corrected chi connectivity index (χ3v) is 5.68. The highest BCUT2D eigenvalue weighted by molar-refractivity contribution is 5.97. The van der Waals surface area contributed by atoms with Crippen LogP contribution >= 0.6 is 0 Å². The Morgan fingerprint density at radius 2 is 1.90 bits per heavy atom. The molecule has 1 aromatic heterocycles. The molecule has 1 saturated heterocycles. The average Bonchev–Trinajstić information content (AvgIpc) is 3.54. The number of hydrogen-bond acceptors (Lipinski definition) is 6. The van der Waals surface area contributed by atoms with Gasteiger partial charge < -0.3 is 24.4 Å². The number of pyridine rings is 1. The van der Waals surface area contributed by atoms with Gasteiger partial charge in [0.15, 0.2) is 11.6 Å². The molecule has 11 heteroatoms. The van der Waals surface area contributed by atoms with E-state index in [2.05, 4.69) is 0 Å². The van der Waals surface area contributed by atoms with E-state index in [9.17, 15) is 23.5 Å². The molecule has 0 spiro atoms. The number of carbonyl (C=O) groups is 1. The van der Waals surface area contributed by atoms with Crippen molar-refractivity contribution in [3.63, 3.8) is 0 Å². The molecule has 1 aliphatic heterocycles. The van der Waals surface area contributed by atoms with Gasteiger partial charge in [-0.25, -0.2) is 9.18 Å². The summed E-state index contributed by atoms with van der Waals surface area (Å²) in [5.41, 5.74) is -1.69. The number of benzene rings is 1. The van der Waals surface area contributed by atoms with Gasteiger partial charge in [0.25, 0.3) is 0 Å². The van der Waals surface area contributed by atoms with E-state index in [1.807, 2.05) is 4.90 Å². The lowest BCUT2D eigenvalue weighted by molar-refractivity contribution is -0.0488. The molecule has 1 saturated carbocycles. The molecule has 2 heterocycles. The average molecular weight is 441 g/mol. The number of fused-ring (bicyclic) bond motifs is 1. The molecular formula is C20H22F3N3O5. The molecule has 4 rings (SSSR count). The lowest BCUT2D eigenvalue weighted by Crippen LogP contribution is -2.47. The van der Waals surface area contributed by atoms with E-state index < -0.39 is 35.1 Å². The number of nitrogens with zero attached hydrogens (tertiary/aromatic N) is 3. The van der Waals surface area contributed by atoms with Gasteiger partial charge in [0.05, 0.1) is 17.5 Å². The topological polar surface area (TPSA) is 95.2 Å². The molecule has 0 bridgehead atoms. The van der Waals surface area contributed by atoms with Crippen LogP contribution in [0, 0.1) is 5.82 Å². The maximum Gasteiger partial charge on any atom is 0.387 e. The smallest absolute Gasteiger partial charge is 0.387 e. The van der Waals surface area contributed by atoms with Gasteiger partial charge in [-0.2, -0.15) is 8.78 Å². The predicted molar refractivity (Wildman–Crippen MR) is 106 cm³/mol. The monoisotopic (exact) mass is 441 g/mol. The summed E-state index contributed by atoms with van der Waals surface area (Å²) in [6.45, 7) is -1.25. The van der Waals surface area contributed by atoms with Crippen molar-refractivity contribution in [2.75, 3.05) is 44.2 Å². The fraction of sp³-hybridized carbons (Fsp3) is 0.500. The minimum absolute atomic E-state index is 0.0213. The number of piperazine rings is 1. The van der Waals surface area contributed by atoms with Gasteiger partial charge >= 0.3 is 12.6 Å². The van der Waals surface area contributed by atoms with Crippen molar-refractivity contribution < 1.29 is 32.9 Å². The maximum absolute atomic E-state index is 15.2. The second-order valence-corrected chi connectivity index (χ2v) is 7.68. The van der Waals surface area contributed by atoms with Crippen molar-refractivity contribution in [1.82, 2.24) is 9.47 Å². The highest BCUT2D eigenvalue weighted by atomic mass is 19.3. The zero-order valence-corrected chi connectivity index (χ0v) is 16.6. The number of carboxylic acids is 1. The number of alkyl halides is 2. The van der Waals surface area contributed by atoms with Crippen LogP contribution < -0.4 is 15.1 Å². The molecule has 31 heavy (non-hydrogen) atoms. The first kappa shape index (κ1) is 21.4. The summed E-state index contributed by atoms with van der Waals surface area (Å²) in [6, 6.07) is 0.734. The first-order valence-electron chi connectivity index (χ1n) is 9.99. The van der Waals surface area contributed by atoms with Crippen molar-refractivity contribution in [1.29, 1.82) is 0 Å². The van der Waals surface area contributed by atoms with Crippen LogP contribution in [0.2, 0.25) is 0 Å². The molecule has 0 atom stereocenters. The number of anilines is 1. The molecule has 2 aliphatic rings. The van der Waals surface area contributed by atoms with Gasteiger partial charge in [0.2, 0.25) is 5.43 Å². The lowest BCUT2D eigenvalue weighted by atomic mass is 10.1. The minimum Gasteiger partial charge on any atom is -0.477 e. The number of hydrogen-bond donors (Lipinski definition) is 2. The quantitative estimate of drug-likeness (QED) is 0.678. The summed E-state index contributed by atoms with van der Waals surface area (Å²) >= 11 is 0. The maximum atomic E-state index is 15.2. The van der Waals surface area contributed by atoms with Gasteiger partial charge in [-0.3, -0.25) is 9.69 Å². The second-order valence-electron chi connectivity index (χ2n) is 7.68. The van der Waals surface area contributed by atoms with Gasteiger partial charge in [-0.15, -0.1) is 0 Å². The van der Waals surface area contributed by atoms with Gasteiger partial charge in [-0.1, -0.05) is 0 Å². The van der Waals surface area contributed by atoms with E-state index in [0.29, 0.717) is 45.6 Å². The minimum atomic E-state index is -3.26. The number of β-amino-alcohol motifs (C(OH)–C–C–N with tert-alkyl or cyclic N) is 1. The van der Waals surface area contributed by atoms with E-state index in [1.165, 1.54) is 4.57 Å². The third-order valence-electron chi connectivity index (χ3n) is 5.68. The summed E-state index contributed by atoms with van der Waals surface area (Å²) in [5.74, 6) is -2.86. The number of aliphatic hydroxyl groups excluding tert-OH is 1. The summed E-state index contributed by atoms with van der Waals surface area (Å²) in [7, 11) is 0. The molecule has 0 radical (unpaired) electrons. The van der Waals surface area contributed by atoms with Crippen molar-refractivity contribution in [3.8, 4) is 5.75 Å². The van der Waals surface area contributed by atoms with Crippen LogP contribution in [0.15, 0.2) is 17.1 Å². The van der Waals surface area contributed by atoms with E-state index in [-0.39, 0.29) is 29.2 Å². The molecule has 8 nitrogen and oxygen atoms in total. The van der Waals surface area contributed by atoms with Gasteiger partial charge in [0, 0.05) is 45.0 Å². The third kappa shape index (κ3) is 4.07. The first-order chi connectivity index (χ1) is 14.8. The van der Waals surface area contributed by atoms with E-state index in [1.54, 1.807) is 4.90 Å². The number of carboxylic acid groups (broad SMARTS) is 1. The van der Waals surface area contributed by atoms with Crippen LogP contribution in [0.1, 0.15) is 29.2 Å². The molecule has 2 fully saturated rings. The molecule has 168 valence electrons. The number of halogens is 3. The normalized spacial score (nSPS) is 17.5. The summed E-state index contributed by atoms with van der Waals surface area (Å²) < 4.78 is 48.1. The lowest BCUT2D eigenvalue weighted by Gasteiger charge is -2.36. The van der Waals surface area contributed by atoms with E-state index >= 15 is 4.39 Å². The number of rotatable bonds is 7. The number of ether oxygens (including phenoxy) is 1. The van der Waals surface area contributed by atoms with Crippen LogP contribution in [0.25, 0.3) is 10.9 Å². The summed E-state index contributed by atoms with van der Waals surface area (Å²) in [5, 5.41) is 18.2. The van der Waals surface area contributed by atoms with E-state index in [0.717, 1.165) is 12.3 Å². The van der Waals surface area contributed by atoms with Crippen molar-refractivity contribution in [2.24, 2.45) is 0 Å². The number of aromatic carboxylic acids is 1. The zero-order valence-electron chi connectivity index (χ0n) is 16.6. The van der Waals surface area contributed by atoms with Crippen LogP contribution in [0.4, 0.5) is 18.9 Å². The Bertz CT molecular complexity index is 1060. The molecule has 2 N–H and O–H groups in total. The Morgan fingerprint density at radius 3 is 2.45 bits per heavy atom. The van der Waals surface area contributed by atoms with Crippen LogP contribution in [-0.2, 0) is 0 Å². The fourth-order valence-electron chi connectivity index (χ4n) is 4.07. The van der Waals surface area contributed by atoms with Gasteiger partial charge in [-0.05, 0) is 18.9 Å². The zero-order chi connectivity index (χ0) is 22.3. The van der Waals surface area contributed by atoms with Gasteiger partial charge in [0.1, 0.15) is 11.3 Å². The first-order valence-corrected chi connectivity index (χ1v) is 9.99. The van der Waals surface area contributed by atoms with E-state index in [4.69, 9.17) is 9.84 Å². The van der Waals surface area contributed by atoms with Crippen molar-refractivity contribution in [2.45, 2.75) is 25.5 Å². The largest absolute Gasteiger partial charge is 0.477 e. The summed E-state index contributed by atoms with van der Waals surface area (Å²) in [6.07, 6.45) is 2.49. The Kier molecular flexibility index (Phi) is 5.80. The molecule has 1 aromatic carbocycles.